The SMILES string of the molecule is O=C(c1ccccc1OC(F)(F)F)N1CCCCC1CNc1nc2ncccc2o1. The number of ether oxygens (including phenoxy) is 1. The Bertz CT molecular complexity index is 1000. The average Bonchev–Trinajstić information content (AvgIpc) is 3.14. The fraction of sp³-hybridized carbons (Fsp3) is 0.350. The second-order valence-electron chi connectivity index (χ2n) is 6.92. The Labute approximate surface area is 169 Å². The lowest BCUT2D eigenvalue weighted by Gasteiger charge is -2.36. The lowest BCUT2D eigenvalue weighted by Crippen LogP contribution is -2.47. The predicted octanol–water partition coefficient (Wildman–Crippen LogP) is 4.23. The van der Waals surface area contributed by atoms with Gasteiger partial charge in [-0.25, -0.2) is 4.98 Å². The van der Waals surface area contributed by atoms with E-state index in [0.29, 0.717) is 30.7 Å². The molecule has 1 atom stereocenters. The molecule has 0 bridgehead atoms. The van der Waals surface area contributed by atoms with Gasteiger partial charge >= 0.3 is 6.36 Å². The molecule has 0 aliphatic carbocycles. The summed E-state index contributed by atoms with van der Waals surface area (Å²) in [7, 11) is 0. The van der Waals surface area contributed by atoms with Gasteiger partial charge in [0.25, 0.3) is 11.9 Å². The number of benzene rings is 1. The summed E-state index contributed by atoms with van der Waals surface area (Å²) in [5, 5.41) is 3.07. The third kappa shape index (κ3) is 4.47. The molecular formula is C20H19F3N4O3. The number of anilines is 1. The molecule has 0 saturated carbocycles. The zero-order chi connectivity index (χ0) is 21.1. The van der Waals surface area contributed by atoms with Gasteiger partial charge in [-0.3, -0.25) is 4.79 Å². The van der Waals surface area contributed by atoms with Crippen LogP contribution in [0.1, 0.15) is 29.6 Å². The lowest BCUT2D eigenvalue weighted by atomic mass is 10.0. The van der Waals surface area contributed by atoms with Crippen LogP contribution in [0.4, 0.5) is 19.2 Å². The number of oxazole rings is 1. The van der Waals surface area contributed by atoms with Crippen LogP contribution in [0.2, 0.25) is 0 Å². The Morgan fingerprint density at radius 1 is 1.23 bits per heavy atom. The number of piperidine rings is 1. The Hall–Kier alpha value is -3.30. The molecule has 0 radical (unpaired) electrons. The van der Waals surface area contributed by atoms with Crippen LogP contribution in [0.25, 0.3) is 11.2 Å². The number of para-hydroxylation sites is 1. The number of likely N-dealkylation sites (tertiary alicyclic amines) is 1. The van der Waals surface area contributed by atoms with Gasteiger partial charge in [-0.15, -0.1) is 13.2 Å². The fourth-order valence-corrected chi connectivity index (χ4v) is 3.54. The molecule has 1 aromatic carbocycles. The number of alkyl halides is 3. The molecular weight excluding hydrogens is 401 g/mol. The van der Waals surface area contributed by atoms with E-state index in [2.05, 4.69) is 20.0 Å². The van der Waals surface area contributed by atoms with E-state index in [4.69, 9.17) is 4.42 Å². The minimum Gasteiger partial charge on any atom is -0.422 e. The number of carbonyl (C=O) groups is 1. The molecule has 1 unspecified atom stereocenters. The highest BCUT2D eigenvalue weighted by atomic mass is 19.4. The second kappa shape index (κ2) is 8.21. The van der Waals surface area contributed by atoms with Crippen LogP contribution in [0.3, 0.4) is 0 Å². The molecule has 4 rings (SSSR count). The third-order valence-corrected chi connectivity index (χ3v) is 4.89. The maximum Gasteiger partial charge on any atom is 0.573 e. The standard InChI is InChI=1S/C20H19F3N4O3/c21-20(22,23)30-15-8-2-1-7-14(15)18(28)27-11-4-3-6-13(27)12-25-19-26-17-16(29-19)9-5-10-24-17/h1-2,5,7-10,13H,3-4,6,11-12H2,(H,24,25,26). The van der Waals surface area contributed by atoms with E-state index >= 15 is 0 Å². The molecule has 1 N–H and O–H groups in total. The van der Waals surface area contributed by atoms with Crippen LogP contribution >= 0.6 is 0 Å². The smallest absolute Gasteiger partial charge is 0.422 e. The largest absolute Gasteiger partial charge is 0.573 e. The van der Waals surface area contributed by atoms with E-state index in [1.165, 1.54) is 18.2 Å². The van der Waals surface area contributed by atoms with Crippen LogP contribution in [0, 0.1) is 0 Å². The molecule has 7 nitrogen and oxygen atoms in total. The number of aromatic nitrogens is 2. The van der Waals surface area contributed by atoms with Crippen molar-refractivity contribution in [1.29, 1.82) is 0 Å². The van der Waals surface area contributed by atoms with Crippen LogP contribution in [0.15, 0.2) is 47.0 Å². The topological polar surface area (TPSA) is 80.5 Å². The van der Waals surface area contributed by atoms with Gasteiger partial charge in [0, 0.05) is 25.3 Å². The van der Waals surface area contributed by atoms with E-state index in [1.54, 1.807) is 23.2 Å². The first kappa shape index (κ1) is 20.0. The minimum absolute atomic E-state index is 0.118. The fourth-order valence-electron chi connectivity index (χ4n) is 3.54. The lowest BCUT2D eigenvalue weighted by molar-refractivity contribution is -0.274. The van der Waals surface area contributed by atoms with Crippen LogP contribution < -0.4 is 10.1 Å². The van der Waals surface area contributed by atoms with E-state index in [0.717, 1.165) is 18.9 Å². The van der Waals surface area contributed by atoms with Crippen LogP contribution in [-0.2, 0) is 0 Å². The zero-order valence-electron chi connectivity index (χ0n) is 15.9. The monoisotopic (exact) mass is 420 g/mol. The maximum atomic E-state index is 13.1. The van der Waals surface area contributed by atoms with Crippen molar-refractivity contribution in [3.05, 3.63) is 48.2 Å². The molecule has 10 heteroatoms. The van der Waals surface area contributed by atoms with Crippen molar-refractivity contribution in [3.8, 4) is 5.75 Å². The van der Waals surface area contributed by atoms with Gasteiger partial charge in [0.1, 0.15) is 5.75 Å². The van der Waals surface area contributed by atoms with Crippen LogP contribution in [0.5, 0.6) is 5.75 Å². The van der Waals surface area contributed by atoms with Crippen molar-refractivity contribution >= 4 is 23.2 Å². The summed E-state index contributed by atoms with van der Waals surface area (Å²) in [4.78, 5) is 23.0. The highest BCUT2D eigenvalue weighted by Crippen LogP contribution is 2.29. The number of pyridine rings is 1. The molecule has 158 valence electrons. The van der Waals surface area contributed by atoms with Gasteiger partial charge in [-0.2, -0.15) is 4.98 Å². The highest BCUT2D eigenvalue weighted by molar-refractivity contribution is 5.97. The Morgan fingerprint density at radius 2 is 2.07 bits per heavy atom. The summed E-state index contributed by atoms with van der Waals surface area (Å²) in [5.74, 6) is -1.00. The van der Waals surface area contributed by atoms with Gasteiger partial charge < -0.3 is 19.4 Å². The normalized spacial score (nSPS) is 17.2. The molecule has 2 aromatic heterocycles. The number of nitrogens with zero attached hydrogens (tertiary/aromatic N) is 3. The van der Waals surface area contributed by atoms with Gasteiger partial charge in [0.15, 0.2) is 5.58 Å². The molecule has 1 fully saturated rings. The summed E-state index contributed by atoms with van der Waals surface area (Å²) in [6, 6.07) is 8.93. The number of nitrogens with one attached hydrogen (secondary N) is 1. The average molecular weight is 420 g/mol. The summed E-state index contributed by atoms with van der Waals surface area (Å²) >= 11 is 0. The summed E-state index contributed by atoms with van der Waals surface area (Å²) in [6.45, 7) is 0.793. The molecule has 3 heterocycles. The number of halogens is 3. The van der Waals surface area contributed by atoms with E-state index in [9.17, 15) is 18.0 Å². The summed E-state index contributed by atoms with van der Waals surface area (Å²) in [6.07, 6.45) is -0.875. The number of carbonyl (C=O) groups excluding carboxylic acids is 1. The first-order chi connectivity index (χ1) is 14.4. The number of hydrogen-bond donors (Lipinski definition) is 1. The van der Waals surface area contributed by atoms with Crippen molar-refractivity contribution in [2.24, 2.45) is 0 Å². The molecule has 1 aliphatic rings. The van der Waals surface area contributed by atoms with Crippen molar-refractivity contribution in [1.82, 2.24) is 14.9 Å². The van der Waals surface area contributed by atoms with E-state index in [1.807, 2.05) is 0 Å². The highest BCUT2D eigenvalue weighted by Gasteiger charge is 2.35. The Kier molecular flexibility index (Phi) is 5.47. The van der Waals surface area contributed by atoms with E-state index < -0.39 is 18.0 Å². The summed E-state index contributed by atoms with van der Waals surface area (Å²) in [5.41, 5.74) is 0.886. The van der Waals surface area contributed by atoms with Crippen LogP contribution in [-0.4, -0.2) is 46.3 Å². The van der Waals surface area contributed by atoms with Crippen molar-refractivity contribution in [2.75, 3.05) is 18.4 Å². The maximum absolute atomic E-state index is 13.1. The van der Waals surface area contributed by atoms with Gasteiger partial charge in [0.2, 0.25) is 5.65 Å². The van der Waals surface area contributed by atoms with Crippen molar-refractivity contribution < 1.29 is 27.1 Å². The Balaban J connectivity index is 1.50. The molecule has 1 aliphatic heterocycles. The first-order valence-corrected chi connectivity index (χ1v) is 9.52. The first-order valence-electron chi connectivity index (χ1n) is 9.52. The van der Waals surface area contributed by atoms with Gasteiger partial charge in [0.05, 0.1) is 5.56 Å². The number of amides is 1. The second-order valence-corrected chi connectivity index (χ2v) is 6.92. The number of rotatable bonds is 5. The van der Waals surface area contributed by atoms with E-state index in [-0.39, 0.29) is 17.6 Å². The number of hydrogen-bond acceptors (Lipinski definition) is 6. The quantitative estimate of drug-likeness (QED) is 0.666. The molecule has 3 aromatic rings. The zero-order valence-corrected chi connectivity index (χ0v) is 15.9. The van der Waals surface area contributed by atoms with Gasteiger partial charge in [-0.05, 0) is 43.5 Å². The van der Waals surface area contributed by atoms with Crippen molar-refractivity contribution in [3.63, 3.8) is 0 Å². The molecule has 30 heavy (non-hydrogen) atoms. The number of fused-ring (bicyclic) bond motifs is 1. The predicted molar refractivity (Wildman–Crippen MR) is 102 cm³/mol. The molecule has 0 spiro atoms. The molecule has 1 amide bonds. The van der Waals surface area contributed by atoms with Gasteiger partial charge in [-0.1, -0.05) is 12.1 Å². The minimum atomic E-state index is -4.87. The van der Waals surface area contributed by atoms with Crippen molar-refractivity contribution in [2.45, 2.75) is 31.7 Å². The third-order valence-electron chi connectivity index (χ3n) is 4.89. The molecule has 1 saturated heterocycles. The Morgan fingerprint density at radius 3 is 2.87 bits per heavy atom. The summed E-state index contributed by atoms with van der Waals surface area (Å²) < 4.78 is 47.8.